The molecule has 0 saturated heterocycles. The Labute approximate surface area is 183 Å². The fourth-order valence-corrected chi connectivity index (χ4v) is 4.03. The van der Waals surface area contributed by atoms with E-state index in [0.29, 0.717) is 0 Å². The summed E-state index contributed by atoms with van der Waals surface area (Å²) in [5.74, 6) is 0. The number of benzene rings is 3. The highest BCUT2D eigenvalue weighted by Gasteiger charge is 2.22. The maximum Gasteiger partial charge on any atom is 0.0520 e. The van der Waals surface area contributed by atoms with Gasteiger partial charge in [0.1, 0.15) is 0 Å². The first-order valence-electron chi connectivity index (χ1n) is 11.0. The van der Waals surface area contributed by atoms with Gasteiger partial charge in [0.25, 0.3) is 0 Å². The number of anilines is 3. The molecule has 3 aromatic rings. The maximum atomic E-state index is 2.41. The minimum absolute atomic E-state index is 0.135. The van der Waals surface area contributed by atoms with Crippen molar-refractivity contribution in [3.05, 3.63) is 88.5 Å². The van der Waals surface area contributed by atoms with Crippen molar-refractivity contribution in [2.45, 2.75) is 73.1 Å². The van der Waals surface area contributed by atoms with E-state index in [4.69, 9.17) is 0 Å². The molecule has 30 heavy (non-hydrogen) atoms. The average molecular weight is 400 g/mol. The van der Waals surface area contributed by atoms with Gasteiger partial charge in [-0.15, -0.1) is 0 Å². The van der Waals surface area contributed by atoms with Crippen molar-refractivity contribution in [1.82, 2.24) is 0 Å². The van der Waals surface area contributed by atoms with Crippen LogP contribution in [0.4, 0.5) is 17.1 Å². The standard InChI is InChI=1S/C29H37N/c1-20-11-10-12-26(17-20)30(25-15-13-23(14-16-25)28(4,5)6)27-21(2)18-24(19-22(27)3)29(7,8)9/h10-19H,1-9H3. The number of nitrogens with zero attached hydrogens (tertiary/aromatic N) is 1. The summed E-state index contributed by atoms with van der Waals surface area (Å²) in [6.45, 7) is 20.3. The summed E-state index contributed by atoms with van der Waals surface area (Å²) in [6.07, 6.45) is 0. The Kier molecular flexibility index (Phi) is 5.87. The number of hydrogen-bond donors (Lipinski definition) is 0. The monoisotopic (exact) mass is 399 g/mol. The van der Waals surface area contributed by atoms with Crippen LogP contribution in [0.25, 0.3) is 0 Å². The summed E-state index contributed by atoms with van der Waals surface area (Å²) in [5, 5.41) is 0. The molecule has 3 rings (SSSR count). The van der Waals surface area contributed by atoms with Crippen molar-refractivity contribution < 1.29 is 0 Å². The molecule has 0 aromatic heterocycles. The van der Waals surface area contributed by atoms with Gasteiger partial charge in [-0.05, 0) is 83.7 Å². The van der Waals surface area contributed by atoms with Crippen molar-refractivity contribution in [1.29, 1.82) is 0 Å². The third-order valence-corrected chi connectivity index (χ3v) is 5.83. The Morgan fingerprint density at radius 1 is 0.567 bits per heavy atom. The second-order valence-corrected chi connectivity index (χ2v) is 10.7. The van der Waals surface area contributed by atoms with E-state index in [1.54, 1.807) is 0 Å². The van der Waals surface area contributed by atoms with Crippen molar-refractivity contribution >= 4 is 17.1 Å². The fraction of sp³-hybridized carbons (Fsp3) is 0.379. The van der Waals surface area contributed by atoms with Crippen LogP contribution in [0.5, 0.6) is 0 Å². The molecule has 0 N–H and O–H groups in total. The zero-order valence-corrected chi connectivity index (χ0v) is 20.2. The van der Waals surface area contributed by atoms with Gasteiger partial charge in [0, 0.05) is 11.4 Å². The molecule has 0 fully saturated rings. The van der Waals surface area contributed by atoms with Crippen LogP contribution in [0, 0.1) is 20.8 Å². The molecule has 0 amide bonds. The van der Waals surface area contributed by atoms with E-state index >= 15 is 0 Å². The zero-order valence-electron chi connectivity index (χ0n) is 20.2. The van der Waals surface area contributed by atoms with Crippen LogP contribution in [0.1, 0.15) is 69.4 Å². The Bertz CT molecular complexity index is 1000. The van der Waals surface area contributed by atoms with Crippen molar-refractivity contribution in [3.63, 3.8) is 0 Å². The van der Waals surface area contributed by atoms with E-state index < -0.39 is 0 Å². The van der Waals surface area contributed by atoms with Gasteiger partial charge in [-0.2, -0.15) is 0 Å². The highest BCUT2D eigenvalue weighted by Crippen LogP contribution is 2.41. The molecule has 1 nitrogen and oxygen atoms in total. The first-order chi connectivity index (χ1) is 13.9. The lowest BCUT2D eigenvalue weighted by molar-refractivity contribution is 0.589. The highest BCUT2D eigenvalue weighted by atomic mass is 15.1. The van der Waals surface area contributed by atoms with E-state index in [9.17, 15) is 0 Å². The second-order valence-electron chi connectivity index (χ2n) is 10.7. The molecule has 0 aliphatic heterocycles. The first kappa shape index (κ1) is 22.2. The van der Waals surface area contributed by atoms with E-state index in [0.717, 1.165) is 0 Å². The minimum Gasteiger partial charge on any atom is -0.310 e. The van der Waals surface area contributed by atoms with E-state index in [-0.39, 0.29) is 10.8 Å². The topological polar surface area (TPSA) is 3.24 Å². The normalized spacial score (nSPS) is 12.2. The maximum absolute atomic E-state index is 2.41. The third kappa shape index (κ3) is 4.61. The van der Waals surface area contributed by atoms with Gasteiger partial charge in [0.2, 0.25) is 0 Å². The third-order valence-electron chi connectivity index (χ3n) is 5.83. The summed E-state index contributed by atoms with van der Waals surface area (Å²) in [6, 6.07) is 22.6. The number of rotatable bonds is 3. The van der Waals surface area contributed by atoms with Crippen LogP contribution in [0.2, 0.25) is 0 Å². The highest BCUT2D eigenvalue weighted by molar-refractivity contribution is 5.81. The van der Waals surface area contributed by atoms with Crippen LogP contribution in [-0.4, -0.2) is 0 Å². The second kappa shape index (κ2) is 7.95. The van der Waals surface area contributed by atoms with Crippen LogP contribution in [-0.2, 0) is 10.8 Å². The summed E-state index contributed by atoms with van der Waals surface area (Å²) < 4.78 is 0. The number of aryl methyl sites for hydroxylation is 3. The molecular weight excluding hydrogens is 362 g/mol. The Morgan fingerprint density at radius 2 is 1.10 bits per heavy atom. The quantitative estimate of drug-likeness (QED) is 0.426. The zero-order chi connectivity index (χ0) is 22.3. The molecule has 0 heterocycles. The molecule has 0 atom stereocenters. The van der Waals surface area contributed by atoms with Gasteiger partial charge in [0.15, 0.2) is 0 Å². The summed E-state index contributed by atoms with van der Waals surface area (Å²) in [5.41, 5.74) is 10.6. The van der Waals surface area contributed by atoms with Gasteiger partial charge < -0.3 is 4.90 Å². The lowest BCUT2D eigenvalue weighted by Gasteiger charge is -2.31. The molecule has 0 bridgehead atoms. The van der Waals surface area contributed by atoms with Gasteiger partial charge in [-0.25, -0.2) is 0 Å². The molecule has 0 unspecified atom stereocenters. The average Bonchev–Trinajstić information content (AvgIpc) is 2.63. The van der Waals surface area contributed by atoms with Crippen LogP contribution >= 0.6 is 0 Å². The van der Waals surface area contributed by atoms with Crippen molar-refractivity contribution in [2.24, 2.45) is 0 Å². The smallest absolute Gasteiger partial charge is 0.0520 e. The predicted octanol–water partition coefficient (Wildman–Crippen LogP) is 8.68. The predicted molar refractivity (Wildman–Crippen MR) is 133 cm³/mol. The Hall–Kier alpha value is -2.54. The van der Waals surface area contributed by atoms with Gasteiger partial charge in [-0.1, -0.05) is 77.9 Å². The molecule has 1 heteroatoms. The Morgan fingerprint density at radius 3 is 1.57 bits per heavy atom. The molecule has 0 radical (unpaired) electrons. The van der Waals surface area contributed by atoms with Crippen LogP contribution in [0.3, 0.4) is 0 Å². The van der Waals surface area contributed by atoms with E-state index in [1.165, 1.54) is 44.9 Å². The Balaban J connectivity index is 2.22. The molecular formula is C29H37N. The van der Waals surface area contributed by atoms with Gasteiger partial charge in [-0.3, -0.25) is 0 Å². The lowest BCUT2D eigenvalue weighted by atomic mass is 9.84. The van der Waals surface area contributed by atoms with E-state index in [1.807, 2.05) is 0 Å². The molecule has 0 saturated carbocycles. The first-order valence-corrected chi connectivity index (χ1v) is 11.0. The molecule has 3 aromatic carbocycles. The van der Waals surface area contributed by atoms with Crippen LogP contribution in [0.15, 0.2) is 60.7 Å². The minimum atomic E-state index is 0.135. The summed E-state index contributed by atoms with van der Waals surface area (Å²) in [7, 11) is 0. The van der Waals surface area contributed by atoms with Gasteiger partial charge >= 0.3 is 0 Å². The summed E-state index contributed by atoms with van der Waals surface area (Å²) in [4.78, 5) is 2.41. The molecule has 158 valence electrons. The van der Waals surface area contributed by atoms with Crippen molar-refractivity contribution in [2.75, 3.05) is 4.90 Å². The van der Waals surface area contributed by atoms with E-state index in [2.05, 4.69) is 128 Å². The van der Waals surface area contributed by atoms with Gasteiger partial charge in [0.05, 0.1) is 5.69 Å². The molecule has 0 aliphatic carbocycles. The number of hydrogen-bond acceptors (Lipinski definition) is 1. The summed E-state index contributed by atoms with van der Waals surface area (Å²) >= 11 is 0. The van der Waals surface area contributed by atoms with Crippen LogP contribution < -0.4 is 4.90 Å². The SMILES string of the molecule is Cc1cccc(N(c2ccc(C(C)(C)C)cc2)c2c(C)cc(C(C)(C)C)cc2C)c1. The largest absolute Gasteiger partial charge is 0.310 e. The lowest BCUT2D eigenvalue weighted by Crippen LogP contribution is -2.17. The van der Waals surface area contributed by atoms with Crippen molar-refractivity contribution in [3.8, 4) is 0 Å². The molecule has 0 spiro atoms. The molecule has 0 aliphatic rings. The fourth-order valence-electron chi connectivity index (χ4n) is 4.03.